The molecule has 0 aliphatic rings. The topological polar surface area (TPSA) is 55.6 Å². The van der Waals surface area contributed by atoms with Gasteiger partial charge in [-0.15, -0.1) is 0 Å². The molecule has 90 valence electrons. The number of nitrogens with zero attached hydrogens (tertiary/aromatic N) is 4. The molecule has 0 radical (unpaired) electrons. The van der Waals surface area contributed by atoms with Crippen LogP contribution in [0.15, 0.2) is 31.1 Å². The highest BCUT2D eigenvalue weighted by molar-refractivity contribution is 5.24. The molecule has 5 nitrogen and oxygen atoms in total. The number of rotatable bonds is 5. The molecule has 0 bridgehead atoms. The molecule has 0 aromatic carbocycles. The van der Waals surface area contributed by atoms with Crippen LogP contribution in [-0.2, 0) is 7.05 Å². The Balaban J connectivity index is 2.25. The predicted molar refractivity (Wildman–Crippen MR) is 65.4 cm³/mol. The molecule has 17 heavy (non-hydrogen) atoms. The van der Waals surface area contributed by atoms with Gasteiger partial charge < -0.3 is 5.32 Å². The van der Waals surface area contributed by atoms with E-state index in [9.17, 15) is 0 Å². The Bertz CT molecular complexity index is 451. The standard InChI is InChI=1S/C12H17N5/c1-3-4-15-12(10-5-13-9-14-6-10)11-7-16-17(2)8-11/h5-9,12,15H,3-4H2,1-2H3. The van der Waals surface area contributed by atoms with Crippen LogP contribution in [0.5, 0.6) is 0 Å². The van der Waals surface area contributed by atoms with Crippen LogP contribution in [0.1, 0.15) is 30.5 Å². The molecule has 1 atom stereocenters. The zero-order valence-electron chi connectivity index (χ0n) is 10.2. The summed E-state index contributed by atoms with van der Waals surface area (Å²) in [7, 11) is 1.92. The van der Waals surface area contributed by atoms with Crippen molar-refractivity contribution in [3.05, 3.63) is 42.2 Å². The molecule has 0 saturated carbocycles. The van der Waals surface area contributed by atoms with Crippen LogP contribution in [0, 0.1) is 0 Å². The predicted octanol–water partition coefficient (Wildman–Crippen LogP) is 1.30. The fourth-order valence-electron chi connectivity index (χ4n) is 1.77. The van der Waals surface area contributed by atoms with Gasteiger partial charge in [-0.05, 0) is 13.0 Å². The minimum atomic E-state index is 0.116. The lowest BCUT2D eigenvalue weighted by Crippen LogP contribution is -2.23. The molecule has 1 unspecified atom stereocenters. The zero-order chi connectivity index (χ0) is 12.1. The molecule has 2 aromatic rings. The normalized spacial score (nSPS) is 12.6. The molecule has 0 fully saturated rings. The Morgan fingerprint density at radius 3 is 2.59 bits per heavy atom. The first-order valence-corrected chi connectivity index (χ1v) is 5.78. The van der Waals surface area contributed by atoms with Gasteiger partial charge in [0.05, 0.1) is 12.2 Å². The van der Waals surface area contributed by atoms with E-state index in [1.807, 2.05) is 31.8 Å². The van der Waals surface area contributed by atoms with E-state index >= 15 is 0 Å². The van der Waals surface area contributed by atoms with Crippen molar-refractivity contribution in [1.82, 2.24) is 25.1 Å². The molecule has 0 saturated heterocycles. The maximum Gasteiger partial charge on any atom is 0.115 e. The highest BCUT2D eigenvalue weighted by Gasteiger charge is 2.15. The molecule has 2 rings (SSSR count). The summed E-state index contributed by atoms with van der Waals surface area (Å²) in [6.45, 7) is 3.10. The molecule has 2 heterocycles. The molecule has 0 spiro atoms. The largest absolute Gasteiger partial charge is 0.306 e. The lowest BCUT2D eigenvalue weighted by Gasteiger charge is -2.16. The highest BCUT2D eigenvalue weighted by Crippen LogP contribution is 2.19. The second-order valence-electron chi connectivity index (χ2n) is 4.01. The van der Waals surface area contributed by atoms with E-state index in [0.29, 0.717) is 0 Å². The van der Waals surface area contributed by atoms with E-state index < -0.39 is 0 Å². The summed E-state index contributed by atoms with van der Waals surface area (Å²) >= 11 is 0. The quantitative estimate of drug-likeness (QED) is 0.842. The van der Waals surface area contributed by atoms with Gasteiger partial charge in [0.2, 0.25) is 0 Å². The van der Waals surface area contributed by atoms with Crippen LogP contribution in [0.25, 0.3) is 0 Å². The molecule has 0 aliphatic heterocycles. The Kier molecular flexibility index (Phi) is 3.82. The monoisotopic (exact) mass is 231 g/mol. The second-order valence-corrected chi connectivity index (χ2v) is 4.01. The SMILES string of the molecule is CCCNC(c1cncnc1)c1cnn(C)c1. The Hall–Kier alpha value is -1.75. The first kappa shape index (κ1) is 11.7. The van der Waals surface area contributed by atoms with Crippen LogP contribution in [0.2, 0.25) is 0 Å². The van der Waals surface area contributed by atoms with E-state index in [0.717, 1.165) is 24.1 Å². The summed E-state index contributed by atoms with van der Waals surface area (Å²) < 4.78 is 1.81. The third-order valence-corrected chi connectivity index (χ3v) is 2.57. The van der Waals surface area contributed by atoms with Crippen molar-refractivity contribution in [3.8, 4) is 0 Å². The number of hydrogen-bond acceptors (Lipinski definition) is 4. The molecule has 0 amide bonds. The first-order chi connectivity index (χ1) is 8.31. The maximum atomic E-state index is 4.21. The van der Waals surface area contributed by atoms with E-state index in [-0.39, 0.29) is 6.04 Å². The van der Waals surface area contributed by atoms with E-state index in [1.165, 1.54) is 0 Å². The number of hydrogen-bond donors (Lipinski definition) is 1. The summed E-state index contributed by atoms with van der Waals surface area (Å²) in [6, 6.07) is 0.116. The Morgan fingerprint density at radius 1 is 1.24 bits per heavy atom. The number of nitrogens with one attached hydrogen (secondary N) is 1. The Morgan fingerprint density at radius 2 is 2.00 bits per heavy atom. The molecular weight excluding hydrogens is 214 g/mol. The fraction of sp³-hybridized carbons (Fsp3) is 0.417. The van der Waals surface area contributed by atoms with Gasteiger partial charge in [-0.1, -0.05) is 6.92 Å². The lowest BCUT2D eigenvalue weighted by molar-refractivity contribution is 0.594. The molecule has 0 aliphatic carbocycles. The highest BCUT2D eigenvalue weighted by atomic mass is 15.2. The van der Waals surface area contributed by atoms with Crippen molar-refractivity contribution in [3.63, 3.8) is 0 Å². The summed E-state index contributed by atoms with van der Waals surface area (Å²) in [5.41, 5.74) is 2.20. The summed E-state index contributed by atoms with van der Waals surface area (Å²) in [5.74, 6) is 0. The van der Waals surface area contributed by atoms with E-state index in [4.69, 9.17) is 0 Å². The summed E-state index contributed by atoms with van der Waals surface area (Å²) in [6.07, 6.45) is 10.2. The van der Waals surface area contributed by atoms with Gasteiger partial charge in [0.25, 0.3) is 0 Å². The van der Waals surface area contributed by atoms with Crippen molar-refractivity contribution < 1.29 is 0 Å². The third kappa shape index (κ3) is 2.88. The fourth-order valence-corrected chi connectivity index (χ4v) is 1.77. The van der Waals surface area contributed by atoms with Crippen molar-refractivity contribution in [2.45, 2.75) is 19.4 Å². The van der Waals surface area contributed by atoms with Crippen molar-refractivity contribution in [2.75, 3.05) is 6.54 Å². The van der Waals surface area contributed by atoms with Gasteiger partial charge >= 0.3 is 0 Å². The van der Waals surface area contributed by atoms with Crippen LogP contribution in [0.4, 0.5) is 0 Å². The first-order valence-electron chi connectivity index (χ1n) is 5.78. The minimum Gasteiger partial charge on any atom is -0.306 e. The molecule has 5 heteroatoms. The summed E-state index contributed by atoms with van der Waals surface area (Å²) in [5, 5.41) is 7.69. The van der Waals surface area contributed by atoms with Crippen molar-refractivity contribution in [2.24, 2.45) is 7.05 Å². The van der Waals surface area contributed by atoms with Crippen LogP contribution in [-0.4, -0.2) is 26.3 Å². The minimum absolute atomic E-state index is 0.116. The van der Waals surface area contributed by atoms with Gasteiger partial charge in [-0.3, -0.25) is 4.68 Å². The van der Waals surface area contributed by atoms with Crippen molar-refractivity contribution >= 4 is 0 Å². The average molecular weight is 231 g/mol. The third-order valence-electron chi connectivity index (χ3n) is 2.57. The van der Waals surface area contributed by atoms with Crippen LogP contribution < -0.4 is 5.32 Å². The Labute approximate surface area is 101 Å². The van der Waals surface area contributed by atoms with Gasteiger partial charge in [-0.25, -0.2) is 9.97 Å². The van der Waals surface area contributed by atoms with E-state index in [1.54, 1.807) is 11.0 Å². The number of aromatic nitrogens is 4. The average Bonchev–Trinajstić information content (AvgIpc) is 2.78. The van der Waals surface area contributed by atoms with Gasteiger partial charge in [0, 0.05) is 36.8 Å². The zero-order valence-corrected chi connectivity index (χ0v) is 10.2. The number of aryl methyl sites for hydroxylation is 1. The molecule has 2 aromatic heterocycles. The summed E-state index contributed by atoms with van der Waals surface area (Å²) in [4.78, 5) is 8.14. The van der Waals surface area contributed by atoms with Gasteiger partial charge in [0.15, 0.2) is 0 Å². The molecular formula is C12H17N5. The van der Waals surface area contributed by atoms with Crippen molar-refractivity contribution in [1.29, 1.82) is 0 Å². The smallest absolute Gasteiger partial charge is 0.115 e. The van der Waals surface area contributed by atoms with Crippen LogP contribution >= 0.6 is 0 Å². The van der Waals surface area contributed by atoms with Gasteiger partial charge in [0.1, 0.15) is 6.33 Å². The second kappa shape index (κ2) is 5.54. The lowest BCUT2D eigenvalue weighted by atomic mass is 10.1. The van der Waals surface area contributed by atoms with Crippen LogP contribution in [0.3, 0.4) is 0 Å². The van der Waals surface area contributed by atoms with Gasteiger partial charge in [-0.2, -0.15) is 5.10 Å². The van der Waals surface area contributed by atoms with E-state index in [2.05, 4.69) is 27.3 Å². The maximum absolute atomic E-state index is 4.21. The molecule has 1 N–H and O–H groups in total.